The van der Waals surface area contributed by atoms with Gasteiger partial charge in [0.15, 0.2) is 15.5 Å². The summed E-state index contributed by atoms with van der Waals surface area (Å²) in [6, 6.07) is 1.81. The van der Waals surface area contributed by atoms with Gasteiger partial charge >= 0.3 is 0 Å². The van der Waals surface area contributed by atoms with Crippen molar-refractivity contribution in [3.63, 3.8) is 0 Å². The molecule has 0 bridgehead atoms. The molecule has 0 aromatic carbocycles. The summed E-state index contributed by atoms with van der Waals surface area (Å²) in [6.45, 7) is 0. The van der Waals surface area contributed by atoms with Crippen LogP contribution >= 0.6 is 15.9 Å². The summed E-state index contributed by atoms with van der Waals surface area (Å²) in [5.74, 6) is 0.319. The molecule has 0 saturated heterocycles. The van der Waals surface area contributed by atoms with Crippen LogP contribution in [-0.4, -0.2) is 29.6 Å². The molecular formula is C8H8BrN3O2S. The number of imidazole rings is 1. The predicted octanol–water partition coefficient (Wildman–Crippen LogP) is 1.27. The molecule has 15 heavy (non-hydrogen) atoms. The van der Waals surface area contributed by atoms with Crippen molar-refractivity contribution in [1.29, 1.82) is 0 Å². The number of nitrogens with one attached hydrogen (secondary N) is 1. The first-order valence-corrected chi connectivity index (χ1v) is 6.97. The normalized spacial score (nSPS) is 12.1. The number of sulfone groups is 1. The van der Waals surface area contributed by atoms with E-state index in [1.165, 1.54) is 6.26 Å². The molecule has 5 nitrogen and oxygen atoms in total. The maximum atomic E-state index is 11.1. The molecular weight excluding hydrogens is 282 g/mol. The fourth-order valence-corrected chi connectivity index (χ4v) is 2.21. The van der Waals surface area contributed by atoms with Crippen LogP contribution in [0.2, 0.25) is 0 Å². The molecule has 0 atom stereocenters. The van der Waals surface area contributed by atoms with Gasteiger partial charge in [-0.25, -0.2) is 18.4 Å². The SMILES string of the molecule is CS(=O)(=O)Cc1nc2ncc(Br)cc2[nH]1. The van der Waals surface area contributed by atoms with Crippen LogP contribution in [-0.2, 0) is 15.6 Å². The van der Waals surface area contributed by atoms with Crippen LogP contribution in [0.15, 0.2) is 16.7 Å². The zero-order chi connectivity index (χ0) is 11.1. The van der Waals surface area contributed by atoms with E-state index in [0.29, 0.717) is 11.5 Å². The second kappa shape index (κ2) is 3.57. The lowest BCUT2D eigenvalue weighted by atomic mass is 10.4. The van der Waals surface area contributed by atoms with Crippen molar-refractivity contribution in [2.45, 2.75) is 5.75 Å². The maximum absolute atomic E-state index is 11.1. The van der Waals surface area contributed by atoms with Crippen molar-refractivity contribution in [2.24, 2.45) is 0 Å². The molecule has 2 rings (SSSR count). The molecule has 0 radical (unpaired) electrons. The Bertz CT molecular complexity index is 605. The largest absolute Gasteiger partial charge is 0.340 e. The molecule has 0 spiro atoms. The zero-order valence-corrected chi connectivity index (χ0v) is 10.3. The smallest absolute Gasteiger partial charge is 0.177 e. The lowest BCUT2D eigenvalue weighted by molar-refractivity contribution is 0.600. The molecule has 0 amide bonds. The minimum Gasteiger partial charge on any atom is -0.340 e. The molecule has 2 heterocycles. The third-order valence-corrected chi connectivity index (χ3v) is 2.98. The summed E-state index contributed by atoms with van der Waals surface area (Å²) in [5.41, 5.74) is 1.25. The Balaban J connectivity index is 2.48. The monoisotopic (exact) mass is 289 g/mol. The van der Waals surface area contributed by atoms with Gasteiger partial charge in [0.25, 0.3) is 0 Å². The first-order valence-electron chi connectivity index (χ1n) is 4.12. The third-order valence-electron chi connectivity index (χ3n) is 1.75. The fourth-order valence-electron chi connectivity index (χ4n) is 1.24. The molecule has 0 aliphatic rings. The van der Waals surface area contributed by atoms with Gasteiger partial charge in [-0.05, 0) is 22.0 Å². The van der Waals surface area contributed by atoms with Crippen LogP contribution in [0.5, 0.6) is 0 Å². The van der Waals surface area contributed by atoms with E-state index in [4.69, 9.17) is 0 Å². The summed E-state index contributed by atoms with van der Waals surface area (Å²) < 4.78 is 22.9. The van der Waals surface area contributed by atoms with Gasteiger partial charge in [-0.2, -0.15) is 0 Å². The van der Waals surface area contributed by atoms with Crippen LogP contribution in [0.25, 0.3) is 11.2 Å². The van der Waals surface area contributed by atoms with E-state index in [-0.39, 0.29) is 5.75 Å². The van der Waals surface area contributed by atoms with E-state index >= 15 is 0 Å². The number of halogens is 1. The van der Waals surface area contributed by atoms with Gasteiger partial charge < -0.3 is 4.98 Å². The van der Waals surface area contributed by atoms with Gasteiger partial charge in [-0.1, -0.05) is 0 Å². The van der Waals surface area contributed by atoms with Crippen molar-refractivity contribution in [3.05, 3.63) is 22.6 Å². The number of pyridine rings is 1. The van der Waals surface area contributed by atoms with Crippen LogP contribution in [0.1, 0.15) is 5.82 Å². The molecule has 80 valence electrons. The molecule has 2 aromatic heterocycles. The summed E-state index contributed by atoms with van der Waals surface area (Å²) in [6.07, 6.45) is 2.79. The lowest BCUT2D eigenvalue weighted by Crippen LogP contribution is -2.01. The van der Waals surface area contributed by atoms with E-state index in [1.807, 2.05) is 0 Å². The van der Waals surface area contributed by atoms with Gasteiger partial charge in [-0.15, -0.1) is 0 Å². The quantitative estimate of drug-likeness (QED) is 0.903. The average Bonchev–Trinajstić information content (AvgIpc) is 2.42. The third kappa shape index (κ3) is 2.54. The first-order chi connectivity index (χ1) is 6.94. The minimum atomic E-state index is -3.07. The highest BCUT2D eigenvalue weighted by Crippen LogP contribution is 2.15. The number of rotatable bonds is 2. The van der Waals surface area contributed by atoms with E-state index in [0.717, 1.165) is 9.99 Å². The number of hydrogen-bond acceptors (Lipinski definition) is 4. The van der Waals surface area contributed by atoms with Crippen molar-refractivity contribution >= 4 is 36.9 Å². The number of aromatic amines is 1. The summed E-state index contributed by atoms with van der Waals surface area (Å²) >= 11 is 3.27. The zero-order valence-electron chi connectivity index (χ0n) is 7.86. The van der Waals surface area contributed by atoms with Crippen LogP contribution in [0, 0.1) is 0 Å². The minimum absolute atomic E-state index is 0.0963. The van der Waals surface area contributed by atoms with Crippen LogP contribution < -0.4 is 0 Å². The van der Waals surface area contributed by atoms with Crippen molar-refractivity contribution in [3.8, 4) is 0 Å². The Kier molecular flexibility index (Phi) is 2.51. The molecule has 1 N–H and O–H groups in total. The number of aromatic nitrogens is 3. The molecule has 2 aromatic rings. The second-order valence-corrected chi connectivity index (χ2v) is 6.33. The summed E-state index contributed by atoms with van der Waals surface area (Å²) in [7, 11) is -3.07. The maximum Gasteiger partial charge on any atom is 0.177 e. The molecule has 0 saturated carbocycles. The second-order valence-electron chi connectivity index (χ2n) is 3.28. The van der Waals surface area contributed by atoms with E-state index < -0.39 is 9.84 Å². The molecule has 0 unspecified atom stereocenters. The van der Waals surface area contributed by atoms with Gasteiger partial charge in [0.2, 0.25) is 0 Å². The topological polar surface area (TPSA) is 75.7 Å². The average molecular weight is 290 g/mol. The van der Waals surface area contributed by atoms with Crippen LogP contribution in [0.4, 0.5) is 0 Å². The van der Waals surface area contributed by atoms with Gasteiger partial charge in [0, 0.05) is 16.9 Å². The first kappa shape index (κ1) is 10.6. The van der Waals surface area contributed by atoms with E-state index in [1.54, 1.807) is 12.3 Å². The standard InChI is InChI=1S/C8H8BrN3O2S/c1-15(13,14)4-7-11-6-2-5(9)3-10-8(6)12-7/h2-3H,4H2,1H3,(H,10,11,12). The van der Waals surface area contributed by atoms with Gasteiger partial charge in [0.05, 0.1) is 5.52 Å². The van der Waals surface area contributed by atoms with Crippen molar-refractivity contribution in [1.82, 2.24) is 15.0 Å². The number of hydrogen-bond donors (Lipinski definition) is 1. The highest BCUT2D eigenvalue weighted by atomic mass is 79.9. The lowest BCUT2D eigenvalue weighted by Gasteiger charge is -1.91. The molecule has 0 aliphatic heterocycles. The Labute approximate surface area is 95.0 Å². The Hall–Kier alpha value is -0.950. The van der Waals surface area contributed by atoms with Gasteiger partial charge in [0.1, 0.15) is 11.6 Å². The predicted molar refractivity (Wildman–Crippen MR) is 60.1 cm³/mol. The summed E-state index contributed by atoms with van der Waals surface area (Å²) in [5, 5.41) is 0. The highest BCUT2D eigenvalue weighted by Gasteiger charge is 2.09. The molecule has 0 aliphatic carbocycles. The highest BCUT2D eigenvalue weighted by molar-refractivity contribution is 9.10. The van der Waals surface area contributed by atoms with E-state index in [2.05, 4.69) is 30.9 Å². The Morgan fingerprint density at radius 1 is 1.53 bits per heavy atom. The van der Waals surface area contributed by atoms with Crippen molar-refractivity contribution in [2.75, 3.05) is 6.26 Å². The number of nitrogens with zero attached hydrogens (tertiary/aromatic N) is 2. The Morgan fingerprint density at radius 2 is 2.27 bits per heavy atom. The van der Waals surface area contributed by atoms with Crippen molar-refractivity contribution < 1.29 is 8.42 Å². The molecule has 0 fully saturated rings. The van der Waals surface area contributed by atoms with Gasteiger partial charge in [-0.3, -0.25) is 0 Å². The summed E-state index contributed by atoms with van der Waals surface area (Å²) in [4.78, 5) is 11.0. The van der Waals surface area contributed by atoms with E-state index in [9.17, 15) is 8.42 Å². The fraction of sp³-hybridized carbons (Fsp3) is 0.250. The number of H-pyrrole nitrogens is 1. The molecule has 7 heteroatoms. The van der Waals surface area contributed by atoms with Crippen LogP contribution in [0.3, 0.4) is 0 Å². The number of fused-ring (bicyclic) bond motifs is 1. The Morgan fingerprint density at radius 3 is 2.93 bits per heavy atom.